The topological polar surface area (TPSA) is 94.5 Å². The van der Waals surface area contributed by atoms with Crippen molar-refractivity contribution in [3.63, 3.8) is 0 Å². The minimum absolute atomic E-state index is 0.0185. The molecule has 27 heavy (non-hydrogen) atoms. The van der Waals surface area contributed by atoms with Crippen molar-refractivity contribution in [3.8, 4) is 17.2 Å². The number of nitrogens with zero attached hydrogens (tertiary/aromatic N) is 4. The molecule has 2 aromatic carbocycles. The molecular weight excluding hydrogens is 348 g/mol. The van der Waals surface area contributed by atoms with Gasteiger partial charge < -0.3 is 9.15 Å². The number of hydrogen-bond acceptors (Lipinski definition) is 7. The van der Waals surface area contributed by atoms with E-state index in [9.17, 15) is 10.1 Å². The van der Waals surface area contributed by atoms with Gasteiger partial charge >= 0.3 is 0 Å². The Kier molecular flexibility index (Phi) is 5.77. The molecule has 0 N–H and O–H groups in total. The molecule has 0 spiro atoms. The number of para-hydroxylation sites is 1. The fraction of sp³-hybridized carbons (Fsp3) is 0.263. The van der Waals surface area contributed by atoms with Crippen LogP contribution in [0.5, 0.6) is 5.75 Å². The van der Waals surface area contributed by atoms with E-state index in [1.54, 1.807) is 12.1 Å². The van der Waals surface area contributed by atoms with Crippen LogP contribution in [0, 0.1) is 10.1 Å². The van der Waals surface area contributed by atoms with Crippen molar-refractivity contribution in [1.82, 2.24) is 15.1 Å². The zero-order valence-corrected chi connectivity index (χ0v) is 15.1. The summed E-state index contributed by atoms with van der Waals surface area (Å²) in [7, 11) is 1.95. The zero-order chi connectivity index (χ0) is 19.2. The van der Waals surface area contributed by atoms with Crippen LogP contribution in [0.15, 0.2) is 59.0 Å². The summed E-state index contributed by atoms with van der Waals surface area (Å²) >= 11 is 0. The van der Waals surface area contributed by atoms with Crippen molar-refractivity contribution in [2.45, 2.75) is 13.0 Å². The summed E-state index contributed by atoms with van der Waals surface area (Å²) in [5, 5.41) is 18.9. The van der Waals surface area contributed by atoms with Crippen LogP contribution in [-0.2, 0) is 0 Å². The smallest absolute Gasteiger partial charge is 0.269 e. The number of likely N-dealkylation sites (N-methyl/N-ethyl adjacent to an activating group) is 1. The first-order chi connectivity index (χ1) is 13.0. The average Bonchev–Trinajstić information content (AvgIpc) is 3.18. The van der Waals surface area contributed by atoms with Crippen molar-refractivity contribution in [2.75, 3.05) is 20.2 Å². The van der Waals surface area contributed by atoms with Gasteiger partial charge in [0.1, 0.15) is 12.4 Å². The first-order valence-electron chi connectivity index (χ1n) is 8.51. The number of hydrogen-bond donors (Lipinski definition) is 0. The highest BCUT2D eigenvalue weighted by Gasteiger charge is 2.19. The van der Waals surface area contributed by atoms with Crippen LogP contribution in [-0.4, -0.2) is 40.2 Å². The van der Waals surface area contributed by atoms with Gasteiger partial charge in [0.15, 0.2) is 0 Å². The number of nitro benzene ring substituents is 1. The van der Waals surface area contributed by atoms with E-state index in [1.165, 1.54) is 12.1 Å². The molecule has 0 amide bonds. The van der Waals surface area contributed by atoms with Crippen LogP contribution in [0.25, 0.3) is 11.5 Å². The predicted molar refractivity (Wildman–Crippen MR) is 99.4 cm³/mol. The fourth-order valence-electron chi connectivity index (χ4n) is 2.45. The highest BCUT2D eigenvalue weighted by atomic mass is 16.6. The Balaban J connectivity index is 1.58. The average molecular weight is 368 g/mol. The Bertz CT molecular complexity index is 880. The molecule has 1 atom stereocenters. The minimum atomic E-state index is -0.447. The summed E-state index contributed by atoms with van der Waals surface area (Å²) in [5.41, 5.74) is 0.659. The normalized spacial score (nSPS) is 12.1. The van der Waals surface area contributed by atoms with E-state index in [4.69, 9.17) is 9.15 Å². The van der Waals surface area contributed by atoms with Crippen LogP contribution in [0.1, 0.15) is 18.9 Å². The van der Waals surface area contributed by atoms with Gasteiger partial charge in [0.05, 0.1) is 11.0 Å². The van der Waals surface area contributed by atoms with E-state index in [2.05, 4.69) is 15.1 Å². The molecule has 0 radical (unpaired) electrons. The lowest BCUT2D eigenvalue weighted by Gasteiger charge is -2.21. The Hall–Kier alpha value is -3.26. The van der Waals surface area contributed by atoms with Gasteiger partial charge in [0.2, 0.25) is 11.8 Å². The van der Waals surface area contributed by atoms with Gasteiger partial charge in [-0.05, 0) is 38.2 Å². The highest BCUT2D eigenvalue weighted by molar-refractivity contribution is 5.55. The molecule has 0 saturated carbocycles. The standard InChI is InChI=1S/C19H20N4O4/c1-14(22(2)12-13-26-17-6-4-3-5-7-17)18-20-21-19(27-18)15-8-10-16(11-9-15)23(24)25/h3-11,14H,12-13H2,1-2H3/t14-/m0/s1. The molecule has 0 unspecified atom stereocenters. The van der Waals surface area contributed by atoms with Crippen LogP contribution < -0.4 is 4.74 Å². The molecule has 8 nitrogen and oxygen atoms in total. The number of nitro groups is 1. The number of aromatic nitrogens is 2. The summed E-state index contributed by atoms with van der Waals surface area (Å²) in [6.07, 6.45) is 0. The summed E-state index contributed by atoms with van der Waals surface area (Å²) in [4.78, 5) is 12.3. The molecule has 0 aliphatic rings. The van der Waals surface area contributed by atoms with Crippen molar-refractivity contribution in [2.24, 2.45) is 0 Å². The van der Waals surface area contributed by atoms with Crippen LogP contribution in [0.3, 0.4) is 0 Å². The number of non-ortho nitro benzene ring substituents is 1. The maximum Gasteiger partial charge on any atom is 0.269 e. The Morgan fingerprint density at radius 1 is 1.15 bits per heavy atom. The lowest BCUT2D eigenvalue weighted by molar-refractivity contribution is -0.384. The Labute approximate surface area is 156 Å². The highest BCUT2D eigenvalue weighted by Crippen LogP contribution is 2.24. The fourth-order valence-corrected chi connectivity index (χ4v) is 2.45. The Morgan fingerprint density at radius 2 is 1.85 bits per heavy atom. The van der Waals surface area contributed by atoms with E-state index < -0.39 is 4.92 Å². The maximum absolute atomic E-state index is 10.7. The molecule has 140 valence electrons. The lowest BCUT2D eigenvalue weighted by atomic mass is 10.2. The summed E-state index contributed by atoms with van der Waals surface area (Å²) in [6, 6.07) is 15.6. The molecule has 0 fully saturated rings. The third-order valence-electron chi connectivity index (χ3n) is 4.24. The number of ether oxygens (including phenoxy) is 1. The SMILES string of the molecule is C[C@@H](c1nnc(-c2ccc([N+](=O)[O-])cc2)o1)N(C)CCOc1ccccc1. The molecule has 1 aromatic heterocycles. The maximum atomic E-state index is 10.7. The van der Waals surface area contributed by atoms with Crippen molar-refractivity contribution >= 4 is 5.69 Å². The largest absolute Gasteiger partial charge is 0.492 e. The van der Waals surface area contributed by atoms with Crippen molar-refractivity contribution in [1.29, 1.82) is 0 Å². The molecule has 3 rings (SSSR count). The van der Waals surface area contributed by atoms with E-state index in [0.717, 1.165) is 5.75 Å². The van der Waals surface area contributed by atoms with Gasteiger partial charge in [0, 0.05) is 24.2 Å². The first-order valence-corrected chi connectivity index (χ1v) is 8.51. The quantitative estimate of drug-likeness (QED) is 0.442. The third-order valence-corrected chi connectivity index (χ3v) is 4.24. The molecule has 0 aliphatic carbocycles. The Morgan fingerprint density at radius 3 is 2.52 bits per heavy atom. The van der Waals surface area contributed by atoms with E-state index in [-0.39, 0.29) is 11.7 Å². The molecule has 0 bridgehead atoms. The third kappa shape index (κ3) is 4.68. The van der Waals surface area contributed by atoms with E-state index in [1.807, 2.05) is 44.3 Å². The van der Waals surface area contributed by atoms with Gasteiger partial charge in [-0.15, -0.1) is 10.2 Å². The molecule has 3 aromatic rings. The first kappa shape index (κ1) is 18.5. The second-order valence-corrected chi connectivity index (χ2v) is 6.07. The zero-order valence-electron chi connectivity index (χ0n) is 15.1. The van der Waals surface area contributed by atoms with Crippen LogP contribution >= 0.6 is 0 Å². The van der Waals surface area contributed by atoms with Crippen LogP contribution in [0.2, 0.25) is 0 Å². The van der Waals surface area contributed by atoms with Gasteiger partial charge in [-0.1, -0.05) is 18.2 Å². The number of rotatable bonds is 8. The summed E-state index contributed by atoms with van der Waals surface area (Å²) in [6.45, 7) is 3.19. The second-order valence-electron chi connectivity index (χ2n) is 6.07. The minimum Gasteiger partial charge on any atom is -0.492 e. The molecular formula is C19H20N4O4. The monoisotopic (exact) mass is 368 g/mol. The van der Waals surface area contributed by atoms with E-state index >= 15 is 0 Å². The predicted octanol–water partition coefficient (Wildman–Crippen LogP) is 3.72. The van der Waals surface area contributed by atoms with Gasteiger partial charge in [-0.2, -0.15) is 0 Å². The van der Waals surface area contributed by atoms with Crippen LogP contribution in [0.4, 0.5) is 5.69 Å². The van der Waals surface area contributed by atoms with Gasteiger partial charge in [-0.25, -0.2) is 0 Å². The van der Waals surface area contributed by atoms with Gasteiger partial charge in [0.25, 0.3) is 5.69 Å². The summed E-state index contributed by atoms with van der Waals surface area (Å²) in [5.74, 6) is 1.64. The molecule has 8 heteroatoms. The van der Waals surface area contributed by atoms with Crippen molar-refractivity contribution < 1.29 is 14.1 Å². The number of benzene rings is 2. The van der Waals surface area contributed by atoms with E-state index in [0.29, 0.717) is 30.5 Å². The summed E-state index contributed by atoms with van der Waals surface area (Å²) < 4.78 is 11.4. The molecule has 1 heterocycles. The van der Waals surface area contributed by atoms with Gasteiger partial charge in [-0.3, -0.25) is 15.0 Å². The van der Waals surface area contributed by atoms with Crippen molar-refractivity contribution in [3.05, 3.63) is 70.6 Å². The lowest BCUT2D eigenvalue weighted by Crippen LogP contribution is -2.27. The second kappa shape index (κ2) is 8.41. The molecule has 0 saturated heterocycles. The molecule has 0 aliphatic heterocycles.